The second kappa shape index (κ2) is 8.02. The van der Waals surface area contributed by atoms with Crippen molar-refractivity contribution in [3.63, 3.8) is 0 Å². The average Bonchev–Trinajstić information content (AvgIpc) is 2.81. The highest BCUT2D eigenvalue weighted by atomic mass is 32.1. The highest BCUT2D eigenvalue weighted by Gasteiger charge is 2.17. The van der Waals surface area contributed by atoms with Gasteiger partial charge in [0, 0.05) is 25.6 Å². The van der Waals surface area contributed by atoms with Crippen LogP contribution in [0, 0.1) is 0 Å². The van der Waals surface area contributed by atoms with Gasteiger partial charge >= 0.3 is 5.97 Å². The number of unbranched alkanes of at least 4 members (excludes halogenated alkanes) is 2. The normalized spacial score (nSPS) is 12.3. The molecule has 1 aromatic heterocycles. The third-order valence-corrected chi connectivity index (χ3v) is 3.23. The van der Waals surface area contributed by atoms with Crippen LogP contribution in [0.4, 0.5) is 5.13 Å². The van der Waals surface area contributed by atoms with E-state index in [0.29, 0.717) is 10.8 Å². The Labute approximate surface area is 110 Å². The van der Waals surface area contributed by atoms with Gasteiger partial charge in [0.05, 0.1) is 5.69 Å². The Kier molecular flexibility index (Phi) is 6.63. The Balaban J connectivity index is 2.25. The Morgan fingerprint density at radius 2 is 2.39 bits per heavy atom. The summed E-state index contributed by atoms with van der Waals surface area (Å²) in [4.78, 5) is 14.8. The minimum atomic E-state index is -1.06. The van der Waals surface area contributed by atoms with Crippen LogP contribution in [-0.2, 0) is 9.53 Å². The number of thiazole rings is 1. The lowest BCUT2D eigenvalue weighted by atomic mass is 10.2. The van der Waals surface area contributed by atoms with Crippen molar-refractivity contribution < 1.29 is 14.6 Å². The molecule has 1 atom stereocenters. The van der Waals surface area contributed by atoms with Crippen molar-refractivity contribution in [2.24, 2.45) is 5.73 Å². The maximum absolute atomic E-state index is 10.7. The molecule has 1 rings (SSSR count). The SMILES string of the molecule is COCCCCCNc1nc(C(N)C(=O)O)cs1. The Hall–Kier alpha value is -1.18. The number of aliphatic carboxylic acids is 1. The number of nitrogens with zero attached hydrogens (tertiary/aromatic N) is 1. The maximum Gasteiger partial charge on any atom is 0.326 e. The first-order valence-electron chi connectivity index (χ1n) is 5.81. The van der Waals surface area contributed by atoms with E-state index in [1.807, 2.05) is 0 Å². The second-order valence-corrected chi connectivity index (χ2v) is 4.73. The third kappa shape index (κ3) is 4.99. The summed E-state index contributed by atoms with van der Waals surface area (Å²) in [7, 11) is 1.70. The highest BCUT2D eigenvalue weighted by Crippen LogP contribution is 2.19. The zero-order valence-corrected chi connectivity index (χ0v) is 11.2. The number of carbonyl (C=O) groups is 1. The van der Waals surface area contributed by atoms with Crippen LogP contribution in [0.1, 0.15) is 31.0 Å². The molecule has 1 aromatic rings. The van der Waals surface area contributed by atoms with Crippen LogP contribution in [0.3, 0.4) is 0 Å². The van der Waals surface area contributed by atoms with Gasteiger partial charge in [0.15, 0.2) is 5.13 Å². The molecular formula is C11H19N3O3S. The molecule has 1 unspecified atom stereocenters. The summed E-state index contributed by atoms with van der Waals surface area (Å²) in [6.45, 7) is 1.61. The Morgan fingerprint density at radius 3 is 3.06 bits per heavy atom. The molecule has 4 N–H and O–H groups in total. The fourth-order valence-electron chi connectivity index (χ4n) is 1.38. The van der Waals surface area contributed by atoms with Crippen LogP contribution in [0.15, 0.2) is 5.38 Å². The molecule has 0 saturated heterocycles. The van der Waals surface area contributed by atoms with E-state index in [2.05, 4.69) is 10.3 Å². The zero-order valence-electron chi connectivity index (χ0n) is 10.4. The molecule has 0 aliphatic rings. The van der Waals surface area contributed by atoms with Crippen LogP contribution < -0.4 is 11.1 Å². The number of hydrogen-bond donors (Lipinski definition) is 3. The standard InChI is InChI=1S/C11H19N3O3S/c1-17-6-4-2-3-5-13-11-14-8(7-18-11)9(12)10(15)16/h7,9H,2-6,12H2,1H3,(H,13,14)(H,15,16). The number of aromatic nitrogens is 1. The Morgan fingerprint density at radius 1 is 1.61 bits per heavy atom. The van der Waals surface area contributed by atoms with Crippen molar-refractivity contribution in [1.82, 2.24) is 4.98 Å². The first-order valence-corrected chi connectivity index (χ1v) is 6.69. The van der Waals surface area contributed by atoms with Gasteiger partial charge in [0.25, 0.3) is 0 Å². The second-order valence-electron chi connectivity index (χ2n) is 3.87. The summed E-state index contributed by atoms with van der Waals surface area (Å²) in [5, 5.41) is 14.3. The highest BCUT2D eigenvalue weighted by molar-refractivity contribution is 7.13. The largest absolute Gasteiger partial charge is 0.480 e. The number of methoxy groups -OCH3 is 1. The van der Waals surface area contributed by atoms with Crippen LogP contribution in [0.25, 0.3) is 0 Å². The number of hydrogen-bond acceptors (Lipinski definition) is 6. The van der Waals surface area contributed by atoms with Gasteiger partial charge in [0.2, 0.25) is 0 Å². The van der Waals surface area contributed by atoms with Crippen molar-refractivity contribution >= 4 is 22.4 Å². The van der Waals surface area contributed by atoms with Gasteiger partial charge in [-0.25, -0.2) is 4.98 Å². The fourth-order valence-corrected chi connectivity index (χ4v) is 2.16. The first-order chi connectivity index (χ1) is 8.65. The fraction of sp³-hybridized carbons (Fsp3) is 0.636. The summed E-state index contributed by atoms with van der Waals surface area (Å²) in [5.74, 6) is -1.06. The van der Waals surface area contributed by atoms with Gasteiger partial charge in [-0.2, -0.15) is 0 Å². The summed E-state index contributed by atoms with van der Waals surface area (Å²) in [6.07, 6.45) is 3.17. The lowest BCUT2D eigenvalue weighted by Gasteiger charge is -2.03. The molecule has 0 aromatic carbocycles. The quantitative estimate of drug-likeness (QED) is 0.589. The summed E-state index contributed by atoms with van der Waals surface area (Å²) >= 11 is 1.37. The zero-order chi connectivity index (χ0) is 13.4. The van der Waals surface area contributed by atoms with Gasteiger partial charge in [-0.05, 0) is 19.3 Å². The molecule has 0 saturated carbocycles. The molecule has 102 valence electrons. The van der Waals surface area contributed by atoms with E-state index in [0.717, 1.165) is 32.4 Å². The number of nitrogens with one attached hydrogen (secondary N) is 1. The van der Waals surface area contributed by atoms with Crippen molar-refractivity contribution in [2.75, 3.05) is 25.6 Å². The molecule has 0 radical (unpaired) electrons. The average molecular weight is 273 g/mol. The maximum atomic E-state index is 10.7. The topological polar surface area (TPSA) is 97.5 Å². The van der Waals surface area contributed by atoms with Crippen molar-refractivity contribution in [3.05, 3.63) is 11.1 Å². The van der Waals surface area contributed by atoms with Gasteiger partial charge < -0.3 is 20.9 Å². The predicted octanol–water partition coefficient (Wildman–Crippen LogP) is 1.46. The number of anilines is 1. The third-order valence-electron chi connectivity index (χ3n) is 2.41. The van der Waals surface area contributed by atoms with Crippen LogP contribution in [0.5, 0.6) is 0 Å². The lowest BCUT2D eigenvalue weighted by molar-refractivity contribution is -0.138. The number of carboxylic acids is 1. The molecule has 1 heterocycles. The monoisotopic (exact) mass is 273 g/mol. The number of ether oxygens (including phenoxy) is 1. The van der Waals surface area contributed by atoms with Crippen LogP contribution in [0.2, 0.25) is 0 Å². The minimum Gasteiger partial charge on any atom is -0.480 e. The van der Waals surface area contributed by atoms with E-state index in [1.54, 1.807) is 12.5 Å². The van der Waals surface area contributed by atoms with Crippen LogP contribution >= 0.6 is 11.3 Å². The number of rotatable bonds is 9. The molecule has 0 fully saturated rings. The molecule has 0 aliphatic carbocycles. The van der Waals surface area contributed by atoms with Crippen molar-refractivity contribution in [2.45, 2.75) is 25.3 Å². The molecule has 18 heavy (non-hydrogen) atoms. The Bertz CT molecular complexity index is 370. The molecule has 0 bridgehead atoms. The van der Waals surface area contributed by atoms with E-state index in [-0.39, 0.29) is 0 Å². The summed E-state index contributed by atoms with van der Waals surface area (Å²) < 4.78 is 4.96. The lowest BCUT2D eigenvalue weighted by Crippen LogP contribution is -2.20. The van der Waals surface area contributed by atoms with Crippen LogP contribution in [-0.4, -0.2) is 36.3 Å². The number of carboxylic acid groups (broad SMARTS) is 1. The molecule has 6 nitrogen and oxygen atoms in total. The van der Waals surface area contributed by atoms with Gasteiger partial charge in [-0.15, -0.1) is 11.3 Å². The van der Waals surface area contributed by atoms with E-state index in [1.165, 1.54) is 11.3 Å². The predicted molar refractivity (Wildman–Crippen MR) is 70.9 cm³/mol. The van der Waals surface area contributed by atoms with E-state index >= 15 is 0 Å². The van der Waals surface area contributed by atoms with Crippen molar-refractivity contribution in [3.8, 4) is 0 Å². The molecule has 7 heteroatoms. The number of nitrogens with two attached hydrogens (primary N) is 1. The van der Waals surface area contributed by atoms with E-state index in [4.69, 9.17) is 15.6 Å². The summed E-state index contributed by atoms with van der Waals surface area (Å²) in [5.41, 5.74) is 5.86. The molecule has 0 amide bonds. The van der Waals surface area contributed by atoms with E-state index in [9.17, 15) is 4.79 Å². The minimum absolute atomic E-state index is 0.398. The van der Waals surface area contributed by atoms with Gasteiger partial charge in [-0.3, -0.25) is 4.79 Å². The van der Waals surface area contributed by atoms with Gasteiger partial charge in [0.1, 0.15) is 6.04 Å². The van der Waals surface area contributed by atoms with Gasteiger partial charge in [-0.1, -0.05) is 0 Å². The smallest absolute Gasteiger partial charge is 0.326 e. The summed E-state index contributed by atoms with van der Waals surface area (Å²) in [6, 6.07) is -1.04. The van der Waals surface area contributed by atoms with E-state index < -0.39 is 12.0 Å². The molecule has 0 spiro atoms. The molecule has 0 aliphatic heterocycles. The van der Waals surface area contributed by atoms with Crippen molar-refractivity contribution in [1.29, 1.82) is 0 Å². The first kappa shape index (κ1) is 14.9. The molecular weight excluding hydrogens is 254 g/mol.